The van der Waals surface area contributed by atoms with Crippen LogP contribution in [0.1, 0.15) is 5.56 Å². The van der Waals surface area contributed by atoms with Crippen LogP contribution in [0.5, 0.6) is 0 Å². The van der Waals surface area contributed by atoms with E-state index in [1.54, 1.807) is 0 Å². The third-order valence-corrected chi connectivity index (χ3v) is 15.4. The van der Waals surface area contributed by atoms with Gasteiger partial charge in [-0.3, -0.25) is 0 Å². The van der Waals surface area contributed by atoms with Crippen molar-refractivity contribution in [3.8, 4) is 0 Å². The topological polar surface area (TPSA) is 9.72 Å². The van der Waals surface area contributed by atoms with Gasteiger partial charge in [-0.2, -0.15) is 0 Å². The molecule has 3 nitrogen and oxygen atoms in total. The van der Waals surface area contributed by atoms with Crippen molar-refractivity contribution in [2.24, 2.45) is 0 Å². The predicted octanol–water partition coefficient (Wildman–Crippen LogP) is 8.08. The van der Waals surface area contributed by atoms with Crippen LogP contribution in [0.2, 0.25) is 0 Å². The van der Waals surface area contributed by atoms with Gasteiger partial charge in [0.05, 0.1) is 34.1 Å². The smallest absolute Gasteiger partial charge is 0.252 e. The van der Waals surface area contributed by atoms with E-state index in [-0.39, 0.29) is 13.4 Å². The normalized spacial score (nSPS) is 15.9. The number of nitrogens with zero attached hydrogens (tertiary/aromatic N) is 3. The highest BCUT2D eigenvalue weighted by Gasteiger charge is 2.55. The molecule has 14 rings (SSSR count). The zero-order valence-corrected chi connectivity index (χ0v) is 29.7. The van der Waals surface area contributed by atoms with E-state index in [4.69, 9.17) is 0 Å². The van der Waals surface area contributed by atoms with Crippen LogP contribution in [-0.2, 0) is 0 Å². The van der Waals surface area contributed by atoms with Crippen molar-refractivity contribution in [2.45, 2.75) is 36.3 Å². The average Bonchev–Trinajstić information content (AvgIpc) is 3.17. The second-order valence-corrected chi connectivity index (χ2v) is 17.6. The molecule has 0 saturated heterocycles. The summed E-state index contributed by atoms with van der Waals surface area (Å²) in [5.41, 5.74) is 22.0. The Labute approximate surface area is 308 Å². The van der Waals surface area contributed by atoms with E-state index in [1.807, 2.05) is 35.3 Å². The minimum absolute atomic E-state index is 0.132. The third-order valence-electron chi connectivity index (χ3n) is 12.1. The number of hydrogen-bond donors (Lipinski definition) is 0. The molecule has 8 heteroatoms. The van der Waals surface area contributed by atoms with Crippen LogP contribution in [-0.4, -0.2) is 13.4 Å². The first-order valence-electron chi connectivity index (χ1n) is 17.6. The lowest BCUT2D eigenvalue weighted by molar-refractivity contribution is 1.11. The monoisotopic (exact) mass is 699 g/mol. The largest absolute Gasteiger partial charge is 0.310 e. The highest BCUT2D eigenvalue weighted by atomic mass is 32.2. The summed E-state index contributed by atoms with van der Waals surface area (Å²) in [6, 6.07) is 46.3. The molecule has 7 heterocycles. The Kier molecular flexibility index (Phi) is 4.71. The van der Waals surface area contributed by atoms with E-state index in [9.17, 15) is 0 Å². The molecule has 0 fully saturated rings. The summed E-state index contributed by atoms with van der Waals surface area (Å²) in [7, 11) is 0. The molecule has 0 radical (unpaired) electrons. The minimum atomic E-state index is 0.132. The van der Waals surface area contributed by atoms with E-state index in [0.29, 0.717) is 0 Å². The van der Waals surface area contributed by atoms with Crippen molar-refractivity contribution in [1.82, 2.24) is 0 Å². The Morgan fingerprint density at radius 2 is 0.706 bits per heavy atom. The van der Waals surface area contributed by atoms with Crippen molar-refractivity contribution >= 4 is 133 Å². The number of fused-ring (bicyclic) bond motifs is 10. The fourth-order valence-corrected chi connectivity index (χ4v) is 13.8. The Balaban J connectivity index is 1.23. The van der Waals surface area contributed by atoms with Crippen molar-refractivity contribution in [1.29, 1.82) is 0 Å². The van der Waals surface area contributed by atoms with Gasteiger partial charge in [0.25, 0.3) is 13.4 Å². The second kappa shape index (κ2) is 8.94. The lowest BCUT2D eigenvalue weighted by atomic mass is 9.28. The SMILES string of the molecule is Cc1c2c3c4c5c1N1c6ccccc6Sc6cccc(c61)B5c1cccc5c1N4c1c(cccc1B3c1cccc3c1N2c1ccccc1S3)S5. The Morgan fingerprint density at radius 1 is 0.353 bits per heavy atom. The van der Waals surface area contributed by atoms with Crippen LogP contribution in [0.25, 0.3) is 0 Å². The molecule has 0 spiro atoms. The van der Waals surface area contributed by atoms with Gasteiger partial charge in [-0.25, -0.2) is 0 Å². The summed E-state index contributed by atoms with van der Waals surface area (Å²) in [6.07, 6.45) is 0. The zero-order chi connectivity index (χ0) is 32.9. The maximum Gasteiger partial charge on any atom is 0.252 e. The lowest BCUT2D eigenvalue weighted by Crippen LogP contribution is -2.69. The average molecular weight is 700 g/mol. The first-order chi connectivity index (χ1) is 25.3. The fraction of sp³-hybridized carbons (Fsp3) is 0.0233. The van der Waals surface area contributed by atoms with Gasteiger partial charge in [-0.1, -0.05) is 108 Å². The van der Waals surface area contributed by atoms with E-state index in [0.717, 1.165) is 0 Å². The molecule has 0 unspecified atom stereocenters. The van der Waals surface area contributed by atoms with Crippen LogP contribution < -0.4 is 47.5 Å². The van der Waals surface area contributed by atoms with Crippen molar-refractivity contribution in [3.63, 3.8) is 0 Å². The molecule has 7 aromatic carbocycles. The van der Waals surface area contributed by atoms with Gasteiger partial charge in [0.1, 0.15) is 0 Å². The van der Waals surface area contributed by atoms with Gasteiger partial charge in [0.15, 0.2) is 0 Å². The standard InChI is InChI=1S/C43H23B2N3S3/c1-22-37-35-43-36-38(22)47-28-15-3-5-17-30(28)50-32-19-7-11-24(40(32)47)45(36)26-13-9-21-34-42(26)48(43)41-25(12-8-20-33(41)51-34)44(35)23-10-6-18-31-39(23)46(37)27-14-2-4-16-29(27)49-31/h2-21H,1H3. The molecular formula is C43H23B2N3S3. The molecule has 7 aliphatic heterocycles. The molecule has 0 N–H and O–H groups in total. The summed E-state index contributed by atoms with van der Waals surface area (Å²) in [5.74, 6) is 0. The first kappa shape index (κ1) is 26.9. The molecular weight excluding hydrogens is 676 g/mol. The first-order valence-corrected chi connectivity index (χ1v) is 20.0. The van der Waals surface area contributed by atoms with Crippen molar-refractivity contribution in [2.75, 3.05) is 14.7 Å². The summed E-state index contributed by atoms with van der Waals surface area (Å²) in [6.45, 7) is 2.69. The quantitative estimate of drug-likeness (QED) is 0.147. The van der Waals surface area contributed by atoms with E-state index >= 15 is 0 Å². The number of para-hydroxylation sites is 6. The van der Waals surface area contributed by atoms with E-state index in [1.165, 1.54) is 119 Å². The van der Waals surface area contributed by atoms with Crippen LogP contribution in [0.4, 0.5) is 51.2 Å². The molecule has 7 aliphatic rings. The molecule has 234 valence electrons. The van der Waals surface area contributed by atoms with Crippen molar-refractivity contribution < 1.29 is 0 Å². The molecule has 51 heavy (non-hydrogen) atoms. The summed E-state index contributed by atoms with van der Waals surface area (Å²) in [4.78, 5) is 16.0. The van der Waals surface area contributed by atoms with Crippen molar-refractivity contribution in [3.05, 3.63) is 127 Å². The minimum Gasteiger partial charge on any atom is -0.310 e. The number of rotatable bonds is 0. The molecule has 0 atom stereocenters. The molecule has 0 bridgehead atoms. The summed E-state index contributed by atoms with van der Waals surface area (Å²) in [5, 5.41) is 0. The van der Waals surface area contributed by atoms with Crippen LogP contribution >= 0.6 is 35.3 Å². The van der Waals surface area contributed by atoms with Gasteiger partial charge in [0.2, 0.25) is 0 Å². The van der Waals surface area contributed by atoms with Gasteiger partial charge in [-0.15, -0.1) is 0 Å². The predicted molar refractivity (Wildman–Crippen MR) is 217 cm³/mol. The van der Waals surface area contributed by atoms with Gasteiger partial charge >= 0.3 is 0 Å². The van der Waals surface area contributed by atoms with E-state index < -0.39 is 0 Å². The maximum absolute atomic E-state index is 2.72. The summed E-state index contributed by atoms with van der Waals surface area (Å²) < 4.78 is 0. The van der Waals surface area contributed by atoms with E-state index in [2.05, 4.69) is 143 Å². The second-order valence-electron chi connectivity index (χ2n) is 14.4. The van der Waals surface area contributed by atoms with Gasteiger partial charge in [0, 0.05) is 46.4 Å². The highest BCUT2D eigenvalue weighted by Crippen LogP contribution is 2.61. The Bertz CT molecular complexity index is 2660. The summed E-state index contributed by atoms with van der Waals surface area (Å²) >= 11 is 5.79. The fourth-order valence-electron chi connectivity index (χ4n) is 10.4. The maximum atomic E-state index is 2.72. The van der Waals surface area contributed by atoms with Crippen LogP contribution in [0.3, 0.4) is 0 Å². The van der Waals surface area contributed by atoms with Crippen LogP contribution in [0, 0.1) is 6.92 Å². The van der Waals surface area contributed by atoms with Crippen LogP contribution in [0.15, 0.2) is 151 Å². The highest BCUT2D eigenvalue weighted by molar-refractivity contribution is 8.00. The third kappa shape index (κ3) is 2.93. The molecule has 0 amide bonds. The lowest BCUT2D eigenvalue weighted by Gasteiger charge is -2.54. The number of anilines is 9. The Hall–Kier alpha value is -4.88. The Morgan fingerprint density at radius 3 is 1.14 bits per heavy atom. The van der Waals surface area contributed by atoms with Gasteiger partial charge < -0.3 is 14.7 Å². The number of benzene rings is 7. The number of hydrogen-bond acceptors (Lipinski definition) is 6. The molecule has 0 aliphatic carbocycles. The zero-order valence-electron chi connectivity index (χ0n) is 27.3. The molecule has 7 aromatic rings. The molecule has 0 aromatic heterocycles. The van der Waals surface area contributed by atoms with Gasteiger partial charge in [-0.05, 0) is 93.8 Å². The molecule has 0 saturated carbocycles.